The molecule has 0 heterocycles. The van der Waals surface area contributed by atoms with E-state index in [1.165, 1.54) is 0 Å². The maximum absolute atomic E-state index is 9.64. The molecule has 6 heteroatoms. The summed E-state index contributed by atoms with van der Waals surface area (Å²) in [6.45, 7) is 1.10. The molecule has 0 saturated carbocycles. The number of carboxylic acid groups (broad SMARTS) is 2. The fourth-order valence-corrected chi connectivity index (χ4v) is 0. The minimum Gasteiger partial charge on any atom is -0.450 e. The molecular weight excluding hydrogens is 144 g/mol. The van der Waals surface area contributed by atoms with Crippen LogP contribution in [0, 0.1) is 0 Å². The highest BCUT2D eigenvalue weighted by atomic mass is 16.6. The lowest BCUT2D eigenvalue weighted by Crippen LogP contribution is -2.14. The van der Waals surface area contributed by atoms with E-state index in [0.29, 0.717) is 0 Å². The molecule has 4 N–H and O–H groups in total. The lowest BCUT2D eigenvalue weighted by atomic mass is 10.4. The Hall–Kier alpha value is -1.14. The molecule has 0 spiro atoms. The van der Waals surface area contributed by atoms with Crippen LogP contribution in [0.1, 0.15) is 6.92 Å². The van der Waals surface area contributed by atoms with Crippen LogP contribution in [0.2, 0.25) is 0 Å². The largest absolute Gasteiger partial charge is 0.503 e. The molecule has 0 radical (unpaired) electrons. The summed E-state index contributed by atoms with van der Waals surface area (Å²) < 4.78 is 0. The van der Waals surface area contributed by atoms with Crippen molar-refractivity contribution in [3.05, 3.63) is 0 Å². The fourth-order valence-electron chi connectivity index (χ4n) is 0. The van der Waals surface area contributed by atoms with Crippen LogP contribution in [0.15, 0.2) is 0 Å². The Morgan fingerprint density at radius 1 is 1.20 bits per heavy atom. The molecule has 0 rings (SSSR count). The van der Waals surface area contributed by atoms with Crippen molar-refractivity contribution in [3.63, 3.8) is 0 Å². The van der Waals surface area contributed by atoms with Crippen molar-refractivity contribution in [2.45, 2.75) is 13.2 Å². The van der Waals surface area contributed by atoms with E-state index in [-0.39, 0.29) is 0 Å². The Labute approximate surface area is 56.3 Å². The maximum atomic E-state index is 9.64. The fraction of sp³-hybridized carbons (Fsp3) is 0.500. The van der Waals surface area contributed by atoms with Crippen LogP contribution in [0.3, 0.4) is 0 Å². The van der Waals surface area contributed by atoms with Crippen molar-refractivity contribution < 1.29 is 30.0 Å². The molecule has 0 aromatic rings. The van der Waals surface area contributed by atoms with Gasteiger partial charge in [0.15, 0.2) is 5.78 Å². The van der Waals surface area contributed by atoms with E-state index in [1.54, 1.807) is 0 Å². The molecule has 0 saturated heterocycles. The summed E-state index contributed by atoms with van der Waals surface area (Å²) in [6.07, 6.45) is -3.62. The zero-order valence-electron chi connectivity index (χ0n) is 5.18. The van der Waals surface area contributed by atoms with Crippen LogP contribution in [0.25, 0.3) is 0 Å². The van der Waals surface area contributed by atoms with Crippen LogP contribution in [0.4, 0.5) is 4.79 Å². The van der Waals surface area contributed by atoms with Gasteiger partial charge in [0, 0.05) is 0 Å². The van der Waals surface area contributed by atoms with Gasteiger partial charge >= 0.3 is 6.16 Å². The van der Waals surface area contributed by atoms with Crippen molar-refractivity contribution in [1.82, 2.24) is 0 Å². The molecule has 0 aromatic carbocycles. The smallest absolute Gasteiger partial charge is 0.450 e. The minimum absolute atomic E-state index is 0.630. The van der Waals surface area contributed by atoms with Gasteiger partial charge in [-0.15, -0.1) is 0 Å². The summed E-state index contributed by atoms with van der Waals surface area (Å²) in [4.78, 5) is 18.2. The van der Waals surface area contributed by atoms with E-state index < -0.39 is 18.2 Å². The quantitative estimate of drug-likeness (QED) is 0.362. The molecule has 0 amide bonds. The van der Waals surface area contributed by atoms with Gasteiger partial charge in [0.2, 0.25) is 6.29 Å². The maximum Gasteiger partial charge on any atom is 0.503 e. The Kier molecular flexibility index (Phi) is 6.96. The lowest BCUT2D eigenvalue weighted by molar-refractivity contribution is -0.142. The van der Waals surface area contributed by atoms with Crippen molar-refractivity contribution in [3.8, 4) is 0 Å². The number of Topliss-reactive ketones (excluding diaryl/α,β-unsaturated/α-hetero) is 1. The first-order valence-corrected chi connectivity index (χ1v) is 2.16. The zero-order chi connectivity index (χ0) is 8.73. The second kappa shape index (κ2) is 5.99. The highest BCUT2D eigenvalue weighted by Crippen LogP contribution is 1.72. The van der Waals surface area contributed by atoms with Crippen LogP contribution < -0.4 is 0 Å². The average Bonchev–Trinajstić information content (AvgIpc) is 1.63. The number of aliphatic hydroxyl groups excluding tert-OH is 1. The minimum atomic E-state index is -1.83. The summed E-state index contributed by atoms with van der Waals surface area (Å²) in [5, 5.41) is 29.6. The van der Waals surface area contributed by atoms with Gasteiger partial charge in [-0.1, -0.05) is 0 Å². The molecule has 10 heavy (non-hydrogen) atoms. The molecule has 0 unspecified atom stereocenters. The molecule has 0 fully saturated rings. The summed E-state index contributed by atoms with van der Waals surface area (Å²) in [7, 11) is 0. The SMILES string of the molecule is CC(=O)C(O)O.O=C(O)O. The number of carbonyl (C=O) groups is 2. The van der Waals surface area contributed by atoms with Crippen molar-refractivity contribution in [2.24, 2.45) is 0 Å². The molecule has 0 aromatic heterocycles. The van der Waals surface area contributed by atoms with Gasteiger partial charge in [-0.05, 0) is 6.92 Å². The molecule has 60 valence electrons. The number of rotatable bonds is 1. The molecule has 6 nitrogen and oxygen atoms in total. The van der Waals surface area contributed by atoms with Crippen molar-refractivity contribution in [1.29, 1.82) is 0 Å². The highest BCUT2D eigenvalue weighted by molar-refractivity contribution is 5.78. The molecule has 0 atom stereocenters. The van der Waals surface area contributed by atoms with Gasteiger partial charge < -0.3 is 20.4 Å². The zero-order valence-corrected chi connectivity index (χ0v) is 5.18. The Bertz CT molecular complexity index is 113. The average molecular weight is 152 g/mol. The van der Waals surface area contributed by atoms with Crippen LogP contribution in [-0.4, -0.2) is 38.7 Å². The third-order valence-corrected chi connectivity index (χ3v) is 0.364. The van der Waals surface area contributed by atoms with Gasteiger partial charge in [-0.25, -0.2) is 4.79 Å². The van der Waals surface area contributed by atoms with Crippen LogP contribution in [-0.2, 0) is 4.79 Å². The van der Waals surface area contributed by atoms with E-state index in [1.807, 2.05) is 0 Å². The first kappa shape index (κ1) is 11.6. The Morgan fingerprint density at radius 2 is 1.30 bits per heavy atom. The summed E-state index contributed by atoms with van der Waals surface area (Å²) in [5.41, 5.74) is 0. The van der Waals surface area contributed by atoms with Gasteiger partial charge in [0.25, 0.3) is 0 Å². The molecule has 0 aliphatic heterocycles. The Morgan fingerprint density at radius 3 is 1.30 bits per heavy atom. The summed E-state index contributed by atoms with van der Waals surface area (Å²) >= 11 is 0. The normalized spacial score (nSPS) is 8.00. The van der Waals surface area contributed by atoms with E-state index in [2.05, 4.69) is 0 Å². The number of aliphatic hydroxyl groups is 2. The monoisotopic (exact) mass is 152 g/mol. The topological polar surface area (TPSA) is 115 Å². The first-order valence-electron chi connectivity index (χ1n) is 2.16. The predicted octanol–water partition coefficient (Wildman–Crippen LogP) is -0.891. The molecule has 0 bridgehead atoms. The Balaban J connectivity index is 0. The van der Waals surface area contributed by atoms with Gasteiger partial charge in [0.05, 0.1) is 0 Å². The standard InChI is InChI=1S/C3H6O3.CH2O3/c1-2(4)3(5)6;2-1(3)4/h3,5-6H,1H3;(H2,2,3,4). The second-order valence-electron chi connectivity index (χ2n) is 1.27. The third-order valence-electron chi connectivity index (χ3n) is 0.364. The second-order valence-corrected chi connectivity index (χ2v) is 1.27. The molecular formula is C4H8O6. The number of hydrogen-bond donors (Lipinski definition) is 4. The number of hydrogen-bond acceptors (Lipinski definition) is 4. The third kappa shape index (κ3) is 28.8. The molecule has 0 aliphatic rings. The highest BCUT2D eigenvalue weighted by Gasteiger charge is 1.99. The van der Waals surface area contributed by atoms with E-state index in [0.717, 1.165) is 6.92 Å². The van der Waals surface area contributed by atoms with E-state index >= 15 is 0 Å². The van der Waals surface area contributed by atoms with Gasteiger partial charge in [0.1, 0.15) is 0 Å². The number of ketones is 1. The summed E-state index contributed by atoms with van der Waals surface area (Å²) in [6, 6.07) is 0. The predicted molar refractivity (Wildman–Crippen MR) is 29.6 cm³/mol. The number of carbonyl (C=O) groups excluding carboxylic acids is 1. The van der Waals surface area contributed by atoms with Crippen LogP contribution in [0.5, 0.6) is 0 Å². The van der Waals surface area contributed by atoms with E-state index in [4.69, 9.17) is 25.2 Å². The van der Waals surface area contributed by atoms with Gasteiger partial charge in [-0.3, -0.25) is 4.79 Å². The first-order chi connectivity index (χ1) is 4.37. The van der Waals surface area contributed by atoms with E-state index in [9.17, 15) is 4.79 Å². The van der Waals surface area contributed by atoms with Crippen molar-refractivity contribution in [2.75, 3.05) is 0 Å². The van der Waals surface area contributed by atoms with Gasteiger partial charge in [-0.2, -0.15) is 0 Å². The summed E-state index contributed by atoms with van der Waals surface area (Å²) in [5.74, 6) is -0.630. The lowest BCUT2D eigenvalue weighted by Gasteiger charge is -1.90. The van der Waals surface area contributed by atoms with Crippen LogP contribution >= 0.6 is 0 Å². The van der Waals surface area contributed by atoms with Crippen molar-refractivity contribution >= 4 is 11.9 Å². The molecule has 0 aliphatic carbocycles.